The number of ether oxygens (including phenoxy) is 2. The fraction of sp³-hybridized carbons (Fsp3) is 0.727. The Hall–Kier alpha value is -2.20. The van der Waals surface area contributed by atoms with E-state index in [0.29, 0.717) is 19.8 Å². The molecule has 3 rings (SSSR count). The molecule has 1 N–H and O–H groups in total. The summed E-state index contributed by atoms with van der Waals surface area (Å²) in [5, 5.41) is 8.84. The largest absolute Gasteiger partial charge is 0.444 e. The van der Waals surface area contributed by atoms with E-state index < -0.39 is 13.7 Å². The predicted octanol–water partition coefficient (Wildman–Crippen LogP) is 4.34. The van der Waals surface area contributed by atoms with Gasteiger partial charge in [-0.25, -0.2) is 19.4 Å². The van der Waals surface area contributed by atoms with Crippen molar-refractivity contribution in [3.63, 3.8) is 0 Å². The van der Waals surface area contributed by atoms with Crippen LogP contribution in [0.25, 0.3) is 11.0 Å². The van der Waals surface area contributed by atoms with Gasteiger partial charge >= 0.3 is 6.09 Å². The Balaban J connectivity index is 1.66. The van der Waals surface area contributed by atoms with Crippen molar-refractivity contribution in [3.8, 4) is 0 Å². The summed E-state index contributed by atoms with van der Waals surface area (Å²) in [5.41, 5.74) is 0.241. The molecular formula is C22H38N6O3Si. The van der Waals surface area contributed by atoms with Crippen LogP contribution in [0.3, 0.4) is 0 Å². The van der Waals surface area contributed by atoms with Gasteiger partial charge < -0.3 is 19.7 Å². The first-order valence-electron chi connectivity index (χ1n) is 11.5. The highest BCUT2D eigenvalue weighted by molar-refractivity contribution is 6.76. The lowest BCUT2D eigenvalue weighted by molar-refractivity contribution is 0.0252. The molecule has 1 fully saturated rings. The SMILES string of the molecule is CC(C)(C)OC(=O)N1CCCCC(Nc2ncnc3c2cnn3COCC[Si](C)(C)C)C1. The Morgan fingerprint density at radius 2 is 2.03 bits per heavy atom. The third-order valence-electron chi connectivity index (χ3n) is 5.31. The molecule has 3 heterocycles. The Bertz CT molecular complexity index is 905. The van der Waals surface area contributed by atoms with Crippen molar-refractivity contribution in [2.45, 2.75) is 84.1 Å². The highest BCUT2D eigenvalue weighted by Gasteiger charge is 2.27. The van der Waals surface area contributed by atoms with Gasteiger partial charge in [-0.15, -0.1) is 0 Å². The summed E-state index contributed by atoms with van der Waals surface area (Å²) in [6.07, 6.45) is 6.02. The molecule has 1 atom stereocenters. The lowest BCUT2D eigenvalue weighted by Gasteiger charge is -2.28. The van der Waals surface area contributed by atoms with E-state index in [1.54, 1.807) is 22.1 Å². The summed E-state index contributed by atoms with van der Waals surface area (Å²) < 4.78 is 13.2. The molecule has 2 aromatic rings. The van der Waals surface area contributed by atoms with Crippen molar-refractivity contribution in [2.24, 2.45) is 0 Å². The van der Waals surface area contributed by atoms with Crippen molar-refractivity contribution < 1.29 is 14.3 Å². The van der Waals surface area contributed by atoms with E-state index in [9.17, 15) is 4.79 Å². The van der Waals surface area contributed by atoms with Gasteiger partial charge in [-0.1, -0.05) is 19.6 Å². The van der Waals surface area contributed by atoms with E-state index in [-0.39, 0.29) is 12.1 Å². The second kappa shape index (κ2) is 10.2. The van der Waals surface area contributed by atoms with Gasteiger partial charge in [-0.2, -0.15) is 5.10 Å². The fourth-order valence-electron chi connectivity index (χ4n) is 3.58. The molecule has 1 unspecified atom stereocenters. The van der Waals surface area contributed by atoms with Crippen LogP contribution in [-0.2, 0) is 16.2 Å². The van der Waals surface area contributed by atoms with E-state index >= 15 is 0 Å². The summed E-state index contributed by atoms with van der Waals surface area (Å²) in [7, 11) is -1.13. The third-order valence-corrected chi connectivity index (χ3v) is 7.01. The zero-order valence-electron chi connectivity index (χ0n) is 20.3. The van der Waals surface area contributed by atoms with Gasteiger partial charge in [0, 0.05) is 33.8 Å². The molecule has 1 amide bonds. The van der Waals surface area contributed by atoms with Gasteiger partial charge in [-0.3, -0.25) is 0 Å². The maximum Gasteiger partial charge on any atom is 0.410 e. The molecule has 1 aliphatic rings. The van der Waals surface area contributed by atoms with Crippen LogP contribution in [0.1, 0.15) is 40.0 Å². The van der Waals surface area contributed by atoms with Crippen molar-refractivity contribution in [1.82, 2.24) is 24.6 Å². The summed E-state index contributed by atoms with van der Waals surface area (Å²) >= 11 is 0. The number of likely N-dealkylation sites (tertiary alicyclic amines) is 1. The molecule has 0 radical (unpaired) electrons. The fourth-order valence-corrected chi connectivity index (χ4v) is 4.33. The minimum absolute atomic E-state index is 0.0828. The van der Waals surface area contributed by atoms with Gasteiger partial charge in [0.15, 0.2) is 5.65 Å². The number of anilines is 1. The van der Waals surface area contributed by atoms with Crippen LogP contribution in [0.4, 0.5) is 10.6 Å². The van der Waals surface area contributed by atoms with Crippen LogP contribution in [0.5, 0.6) is 0 Å². The van der Waals surface area contributed by atoms with Crippen LogP contribution in [-0.4, -0.2) is 70.2 Å². The first kappa shape index (κ1) is 24.4. The first-order chi connectivity index (χ1) is 15.0. The Morgan fingerprint density at radius 3 is 2.75 bits per heavy atom. The van der Waals surface area contributed by atoms with Crippen molar-refractivity contribution in [3.05, 3.63) is 12.5 Å². The second-order valence-electron chi connectivity index (χ2n) is 10.7. The smallest absolute Gasteiger partial charge is 0.410 e. The van der Waals surface area contributed by atoms with Crippen LogP contribution in [0.2, 0.25) is 25.7 Å². The van der Waals surface area contributed by atoms with Gasteiger partial charge in [0.25, 0.3) is 0 Å². The van der Waals surface area contributed by atoms with Gasteiger partial charge in [0.05, 0.1) is 11.6 Å². The number of fused-ring (bicyclic) bond motifs is 1. The summed E-state index contributed by atoms with van der Waals surface area (Å²) in [6, 6.07) is 1.20. The van der Waals surface area contributed by atoms with Crippen LogP contribution in [0.15, 0.2) is 12.5 Å². The number of hydrogen-bond acceptors (Lipinski definition) is 7. The molecule has 32 heavy (non-hydrogen) atoms. The standard InChI is InChI=1S/C22H38N6O3Si/c1-22(2,3)31-21(29)27-10-8-7-9-17(14-27)26-19-18-13-25-28(20(18)24-15-23-19)16-30-11-12-32(4,5)6/h13,15,17H,7-12,14,16H2,1-6H3,(H,23,24,26). The van der Waals surface area contributed by atoms with Gasteiger partial charge in [-0.05, 0) is 46.1 Å². The normalized spacial score (nSPS) is 17.9. The monoisotopic (exact) mass is 462 g/mol. The van der Waals surface area contributed by atoms with Gasteiger partial charge in [0.1, 0.15) is 24.5 Å². The lowest BCUT2D eigenvalue weighted by Crippen LogP contribution is -2.42. The molecule has 0 bridgehead atoms. The van der Waals surface area contributed by atoms with Crippen LogP contribution < -0.4 is 5.32 Å². The maximum absolute atomic E-state index is 12.6. The van der Waals surface area contributed by atoms with Crippen molar-refractivity contribution >= 4 is 31.0 Å². The number of carbonyl (C=O) groups is 1. The number of carbonyl (C=O) groups excluding carboxylic acids is 1. The minimum atomic E-state index is -1.13. The van der Waals surface area contributed by atoms with Crippen LogP contribution in [0, 0.1) is 0 Å². The average molecular weight is 463 g/mol. The Morgan fingerprint density at radius 1 is 1.25 bits per heavy atom. The number of hydrogen-bond donors (Lipinski definition) is 1. The Labute approximate surface area is 191 Å². The maximum atomic E-state index is 12.6. The molecule has 9 nitrogen and oxygen atoms in total. The van der Waals surface area contributed by atoms with Gasteiger partial charge in [0.2, 0.25) is 0 Å². The quantitative estimate of drug-likeness (QED) is 0.483. The molecule has 10 heteroatoms. The van der Waals surface area contributed by atoms with E-state index in [1.807, 2.05) is 20.8 Å². The number of amides is 1. The number of rotatable bonds is 7. The number of nitrogens with one attached hydrogen (secondary N) is 1. The van der Waals surface area contributed by atoms with Crippen LogP contribution >= 0.6 is 0 Å². The van der Waals surface area contributed by atoms with E-state index in [2.05, 4.69) is 40.0 Å². The highest BCUT2D eigenvalue weighted by atomic mass is 28.3. The molecule has 1 aliphatic heterocycles. The molecule has 0 saturated carbocycles. The molecule has 0 aromatic carbocycles. The summed E-state index contributed by atoms with van der Waals surface area (Å²) in [6.45, 7) is 15.1. The summed E-state index contributed by atoms with van der Waals surface area (Å²) in [4.78, 5) is 23.3. The molecule has 0 spiro atoms. The van der Waals surface area contributed by atoms with E-state index in [4.69, 9.17) is 9.47 Å². The molecule has 2 aromatic heterocycles. The van der Waals surface area contributed by atoms with E-state index in [1.165, 1.54) is 0 Å². The molecule has 1 saturated heterocycles. The highest BCUT2D eigenvalue weighted by Crippen LogP contribution is 2.23. The Kier molecular flexibility index (Phi) is 7.76. The molecule has 0 aliphatic carbocycles. The molecular weight excluding hydrogens is 424 g/mol. The van der Waals surface area contributed by atoms with Crippen molar-refractivity contribution in [1.29, 1.82) is 0 Å². The predicted molar refractivity (Wildman–Crippen MR) is 128 cm³/mol. The topological polar surface area (TPSA) is 94.4 Å². The number of aromatic nitrogens is 4. The second-order valence-corrected chi connectivity index (χ2v) is 16.3. The molecule has 178 valence electrons. The van der Waals surface area contributed by atoms with E-state index in [0.717, 1.165) is 48.8 Å². The van der Waals surface area contributed by atoms with Crippen molar-refractivity contribution in [2.75, 3.05) is 25.0 Å². The minimum Gasteiger partial charge on any atom is -0.444 e. The average Bonchev–Trinajstić information content (AvgIpc) is 2.94. The zero-order chi connectivity index (χ0) is 23.4. The summed E-state index contributed by atoms with van der Waals surface area (Å²) in [5.74, 6) is 0.736. The third kappa shape index (κ3) is 7.16. The zero-order valence-corrected chi connectivity index (χ0v) is 21.3. The number of nitrogens with zero attached hydrogens (tertiary/aromatic N) is 5. The lowest BCUT2D eigenvalue weighted by atomic mass is 10.1. The first-order valence-corrected chi connectivity index (χ1v) is 15.2.